The molecule has 1 atom stereocenters. The van der Waals surface area contributed by atoms with Gasteiger partial charge in [0.1, 0.15) is 11.8 Å². The van der Waals surface area contributed by atoms with Gasteiger partial charge in [-0.05, 0) is 61.4 Å². The average molecular weight is 534 g/mol. The lowest BCUT2D eigenvalue weighted by Crippen LogP contribution is -2.52. The monoisotopic (exact) mass is 532 g/mol. The number of hydrogen-bond acceptors (Lipinski definition) is 3. The van der Waals surface area contributed by atoms with Crippen LogP contribution in [0.25, 0.3) is 0 Å². The topological polar surface area (TPSA) is 58.6 Å². The number of benzene rings is 3. The first kappa shape index (κ1) is 26.9. The first-order chi connectivity index (χ1) is 16.7. The molecule has 0 heterocycles. The number of carbonyl (C=O) groups is 2. The van der Waals surface area contributed by atoms with Crippen molar-refractivity contribution in [1.29, 1.82) is 0 Å². The Morgan fingerprint density at radius 3 is 2.20 bits per heavy atom. The van der Waals surface area contributed by atoms with Gasteiger partial charge in [0.15, 0.2) is 6.61 Å². The molecule has 3 aromatic carbocycles. The van der Waals surface area contributed by atoms with Crippen molar-refractivity contribution >= 4 is 46.6 Å². The van der Waals surface area contributed by atoms with Crippen molar-refractivity contribution < 1.29 is 14.3 Å². The van der Waals surface area contributed by atoms with Gasteiger partial charge >= 0.3 is 0 Å². The lowest BCUT2D eigenvalue weighted by molar-refractivity contribution is -0.143. The van der Waals surface area contributed by atoms with Crippen LogP contribution in [0.2, 0.25) is 15.1 Å². The summed E-state index contributed by atoms with van der Waals surface area (Å²) >= 11 is 18.2. The Balaban J connectivity index is 1.92. The molecule has 0 saturated heterocycles. The Hall–Kier alpha value is -2.73. The average Bonchev–Trinajstić information content (AvgIpc) is 2.83. The number of nitrogens with one attached hydrogen (secondary N) is 1. The van der Waals surface area contributed by atoms with Gasteiger partial charge in [-0.2, -0.15) is 0 Å². The molecule has 8 heteroatoms. The van der Waals surface area contributed by atoms with Gasteiger partial charge in [0.25, 0.3) is 5.91 Å². The highest BCUT2D eigenvalue weighted by Gasteiger charge is 2.31. The fourth-order valence-corrected chi connectivity index (χ4v) is 3.97. The smallest absolute Gasteiger partial charge is 0.261 e. The second kappa shape index (κ2) is 12.8. The first-order valence-corrected chi connectivity index (χ1v) is 12.3. The van der Waals surface area contributed by atoms with E-state index < -0.39 is 6.04 Å². The molecule has 184 valence electrons. The van der Waals surface area contributed by atoms with Gasteiger partial charge in [0.05, 0.1) is 10.0 Å². The zero-order chi connectivity index (χ0) is 25.4. The predicted molar refractivity (Wildman–Crippen MR) is 141 cm³/mol. The molecule has 2 amide bonds. The van der Waals surface area contributed by atoms with Crippen molar-refractivity contribution in [3.63, 3.8) is 0 Å². The molecule has 0 fully saturated rings. The molecule has 1 N–H and O–H groups in total. The number of amides is 2. The molecule has 0 aliphatic heterocycles. The van der Waals surface area contributed by atoms with Crippen LogP contribution >= 0.6 is 34.8 Å². The number of halogens is 3. The Kier molecular flexibility index (Phi) is 9.84. The van der Waals surface area contributed by atoms with Crippen LogP contribution in [0.4, 0.5) is 0 Å². The minimum Gasteiger partial charge on any atom is -0.484 e. The third kappa shape index (κ3) is 8.17. The zero-order valence-corrected chi connectivity index (χ0v) is 21.8. The van der Waals surface area contributed by atoms with Gasteiger partial charge in [-0.15, -0.1) is 0 Å². The Bertz CT molecular complexity index is 1140. The molecule has 3 aromatic rings. The van der Waals surface area contributed by atoms with Crippen LogP contribution in [0.3, 0.4) is 0 Å². The lowest BCUT2D eigenvalue weighted by atomic mass is 10.0. The molecule has 0 aliphatic carbocycles. The second-order valence-corrected chi connectivity index (χ2v) is 9.63. The molecule has 0 saturated carbocycles. The van der Waals surface area contributed by atoms with E-state index in [1.165, 1.54) is 4.90 Å². The van der Waals surface area contributed by atoms with E-state index in [-0.39, 0.29) is 31.0 Å². The van der Waals surface area contributed by atoms with Gasteiger partial charge in [0.2, 0.25) is 5.91 Å². The van der Waals surface area contributed by atoms with E-state index in [4.69, 9.17) is 39.5 Å². The number of carbonyl (C=O) groups excluding carboxylic acids is 2. The summed E-state index contributed by atoms with van der Waals surface area (Å²) in [6.07, 6.45) is 0.341. The summed E-state index contributed by atoms with van der Waals surface area (Å²) in [4.78, 5) is 28.3. The van der Waals surface area contributed by atoms with Crippen molar-refractivity contribution in [2.45, 2.75) is 38.9 Å². The van der Waals surface area contributed by atoms with Crippen molar-refractivity contribution in [1.82, 2.24) is 10.2 Å². The first-order valence-electron chi connectivity index (χ1n) is 11.2. The largest absolute Gasteiger partial charge is 0.484 e. The summed E-state index contributed by atoms with van der Waals surface area (Å²) in [6.45, 7) is 3.67. The lowest BCUT2D eigenvalue weighted by Gasteiger charge is -2.32. The molecule has 3 rings (SSSR count). The molecule has 35 heavy (non-hydrogen) atoms. The third-order valence-corrected chi connectivity index (χ3v) is 6.21. The van der Waals surface area contributed by atoms with E-state index in [1.807, 2.05) is 44.2 Å². The van der Waals surface area contributed by atoms with E-state index in [2.05, 4.69) is 5.32 Å². The Morgan fingerprint density at radius 2 is 1.57 bits per heavy atom. The molecule has 0 radical (unpaired) electrons. The summed E-state index contributed by atoms with van der Waals surface area (Å²) < 4.78 is 5.72. The summed E-state index contributed by atoms with van der Waals surface area (Å²) in [7, 11) is 0. The van der Waals surface area contributed by atoms with Crippen molar-refractivity contribution in [3.05, 3.63) is 99.0 Å². The van der Waals surface area contributed by atoms with Gasteiger partial charge < -0.3 is 15.0 Å². The highest BCUT2D eigenvalue weighted by atomic mass is 35.5. The van der Waals surface area contributed by atoms with Gasteiger partial charge in [-0.25, -0.2) is 0 Å². The maximum absolute atomic E-state index is 13.5. The quantitative estimate of drug-likeness (QED) is 0.338. The van der Waals surface area contributed by atoms with E-state index in [1.54, 1.807) is 42.5 Å². The predicted octanol–water partition coefficient (Wildman–Crippen LogP) is 6.19. The van der Waals surface area contributed by atoms with Crippen LogP contribution in [-0.2, 0) is 22.6 Å². The number of ether oxygens (including phenoxy) is 1. The SMILES string of the molecule is CC(C)NC(=O)[C@@H](Cc1ccccc1)N(Cc1ccc(Cl)c(Cl)c1)C(=O)COc1ccc(Cl)cc1. The minimum absolute atomic E-state index is 0.0898. The van der Waals surface area contributed by atoms with Gasteiger partial charge in [-0.1, -0.05) is 71.2 Å². The molecular weight excluding hydrogens is 507 g/mol. The third-order valence-electron chi connectivity index (χ3n) is 5.21. The molecule has 0 aromatic heterocycles. The molecule has 0 bridgehead atoms. The summed E-state index contributed by atoms with van der Waals surface area (Å²) in [5.74, 6) is -0.0851. The van der Waals surface area contributed by atoms with Crippen molar-refractivity contribution in [2.75, 3.05) is 6.61 Å². The molecular formula is C27H27Cl3N2O3. The fraction of sp³-hybridized carbons (Fsp3) is 0.259. The van der Waals surface area contributed by atoms with Crippen molar-refractivity contribution in [3.8, 4) is 5.75 Å². The summed E-state index contributed by atoms with van der Waals surface area (Å²) in [6, 6.07) is 20.6. The van der Waals surface area contributed by atoms with Gasteiger partial charge in [-0.3, -0.25) is 9.59 Å². The highest BCUT2D eigenvalue weighted by Crippen LogP contribution is 2.24. The number of hydrogen-bond donors (Lipinski definition) is 1. The number of nitrogens with zero attached hydrogens (tertiary/aromatic N) is 1. The molecule has 0 aliphatic rings. The van der Waals surface area contributed by atoms with E-state index in [0.29, 0.717) is 27.2 Å². The van der Waals surface area contributed by atoms with Crippen LogP contribution < -0.4 is 10.1 Å². The summed E-state index contributed by atoms with van der Waals surface area (Å²) in [5.41, 5.74) is 1.68. The van der Waals surface area contributed by atoms with Crippen molar-refractivity contribution in [2.24, 2.45) is 0 Å². The van der Waals surface area contributed by atoms with Crippen LogP contribution in [0.1, 0.15) is 25.0 Å². The van der Waals surface area contributed by atoms with Crippen LogP contribution in [0.5, 0.6) is 5.75 Å². The fourth-order valence-electron chi connectivity index (χ4n) is 3.53. The second-order valence-electron chi connectivity index (χ2n) is 8.38. The van der Waals surface area contributed by atoms with Crippen LogP contribution in [-0.4, -0.2) is 35.4 Å². The molecule has 0 spiro atoms. The maximum Gasteiger partial charge on any atom is 0.261 e. The van der Waals surface area contributed by atoms with E-state index in [0.717, 1.165) is 11.1 Å². The zero-order valence-electron chi connectivity index (χ0n) is 19.5. The van der Waals surface area contributed by atoms with Gasteiger partial charge in [0, 0.05) is 24.0 Å². The van der Waals surface area contributed by atoms with E-state index >= 15 is 0 Å². The Labute approximate surface area is 220 Å². The molecule has 5 nitrogen and oxygen atoms in total. The maximum atomic E-state index is 13.5. The molecule has 0 unspecified atom stereocenters. The number of rotatable bonds is 10. The van der Waals surface area contributed by atoms with Crippen LogP contribution in [0, 0.1) is 0 Å². The minimum atomic E-state index is -0.768. The van der Waals surface area contributed by atoms with E-state index in [9.17, 15) is 9.59 Å². The summed E-state index contributed by atoms with van der Waals surface area (Å²) in [5, 5.41) is 4.31. The normalized spacial score (nSPS) is 11.7. The highest BCUT2D eigenvalue weighted by molar-refractivity contribution is 6.42. The Morgan fingerprint density at radius 1 is 0.886 bits per heavy atom. The standard InChI is InChI=1S/C27H27Cl3N2O3/c1-18(2)31-27(34)25(15-19-6-4-3-5-7-19)32(16-20-8-13-23(29)24(30)14-20)26(33)17-35-22-11-9-21(28)10-12-22/h3-14,18,25H,15-17H2,1-2H3,(H,31,34)/t25-/m1/s1. The van der Waals surface area contributed by atoms with Crippen LogP contribution in [0.15, 0.2) is 72.8 Å².